The van der Waals surface area contributed by atoms with Crippen LogP contribution in [0.4, 0.5) is 4.39 Å². The minimum absolute atomic E-state index is 0.0580. The molecule has 104 valence electrons. The number of nitrogens with one attached hydrogen (secondary N) is 1. The lowest BCUT2D eigenvalue weighted by atomic mass is 10.1. The first-order chi connectivity index (χ1) is 9.10. The van der Waals surface area contributed by atoms with Gasteiger partial charge in [0.15, 0.2) is 0 Å². The van der Waals surface area contributed by atoms with Crippen LogP contribution in [-0.4, -0.2) is 23.8 Å². The van der Waals surface area contributed by atoms with Crippen LogP contribution in [0.2, 0.25) is 0 Å². The summed E-state index contributed by atoms with van der Waals surface area (Å²) in [6, 6.07) is 4.56. The maximum atomic E-state index is 13.2. The molecule has 19 heavy (non-hydrogen) atoms. The van der Waals surface area contributed by atoms with Gasteiger partial charge in [0.1, 0.15) is 11.7 Å². The van der Waals surface area contributed by atoms with E-state index in [2.05, 4.69) is 11.8 Å². The van der Waals surface area contributed by atoms with Gasteiger partial charge in [0.05, 0.1) is 0 Å². The number of hydrogen-bond acceptors (Lipinski definition) is 2. The molecule has 1 aliphatic rings. The second kappa shape index (κ2) is 6.15. The van der Waals surface area contributed by atoms with Crippen molar-refractivity contribution in [1.29, 1.82) is 5.41 Å². The third-order valence-electron chi connectivity index (χ3n) is 3.51. The van der Waals surface area contributed by atoms with E-state index in [1.807, 2.05) is 0 Å². The Bertz CT molecular complexity index is 455. The Morgan fingerprint density at radius 2 is 2.21 bits per heavy atom. The average Bonchev–Trinajstić information content (AvgIpc) is 3.15. The van der Waals surface area contributed by atoms with Crippen LogP contribution in [-0.2, 0) is 6.54 Å². The molecule has 1 fully saturated rings. The number of nitrogens with two attached hydrogens (primary N) is 1. The highest BCUT2D eigenvalue weighted by atomic mass is 19.1. The molecule has 0 amide bonds. The Balaban J connectivity index is 2.12. The van der Waals surface area contributed by atoms with Gasteiger partial charge in [0.2, 0.25) is 0 Å². The zero-order valence-corrected chi connectivity index (χ0v) is 11.5. The van der Waals surface area contributed by atoms with Gasteiger partial charge in [-0.25, -0.2) is 4.39 Å². The molecule has 2 rings (SSSR count). The Morgan fingerprint density at radius 3 is 2.79 bits per heavy atom. The van der Waals surface area contributed by atoms with Crippen molar-refractivity contribution < 1.29 is 4.39 Å². The monoisotopic (exact) mass is 263 g/mol. The molecule has 1 aromatic rings. The molecule has 0 saturated heterocycles. The first-order valence-electron chi connectivity index (χ1n) is 6.95. The number of rotatable bonds is 7. The van der Waals surface area contributed by atoms with Crippen molar-refractivity contribution in [2.24, 2.45) is 11.7 Å². The summed E-state index contributed by atoms with van der Waals surface area (Å²) in [7, 11) is 0. The van der Waals surface area contributed by atoms with Gasteiger partial charge >= 0.3 is 0 Å². The summed E-state index contributed by atoms with van der Waals surface area (Å²) in [6.07, 6.45) is 3.75. The molecular weight excluding hydrogens is 241 g/mol. The van der Waals surface area contributed by atoms with E-state index in [4.69, 9.17) is 11.1 Å². The second-order valence-electron chi connectivity index (χ2n) is 5.39. The summed E-state index contributed by atoms with van der Waals surface area (Å²) >= 11 is 0. The molecule has 0 heterocycles. The van der Waals surface area contributed by atoms with Crippen molar-refractivity contribution in [3.05, 3.63) is 35.1 Å². The molecule has 3 N–H and O–H groups in total. The topological polar surface area (TPSA) is 53.1 Å². The van der Waals surface area contributed by atoms with Gasteiger partial charge in [0, 0.05) is 18.7 Å². The fourth-order valence-corrected chi connectivity index (χ4v) is 2.39. The van der Waals surface area contributed by atoms with Crippen LogP contribution in [0.25, 0.3) is 0 Å². The van der Waals surface area contributed by atoms with Crippen LogP contribution >= 0.6 is 0 Å². The van der Waals surface area contributed by atoms with E-state index in [0.29, 0.717) is 5.56 Å². The molecule has 0 spiro atoms. The lowest BCUT2D eigenvalue weighted by Crippen LogP contribution is -2.28. The fourth-order valence-electron chi connectivity index (χ4n) is 2.39. The van der Waals surface area contributed by atoms with Crippen molar-refractivity contribution in [3.63, 3.8) is 0 Å². The molecule has 0 atom stereocenters. The van der Waals surface area contributed by atoms with Crippen LogP contribution in [0.1, 0.15) is 37.3 Å². The van der Waals surface area contributed by atoms with Crippen molar-refractivity contribution >= 4 is 5.84 Å². The number of halogens is 1. The molecule has 0 bridgehead atoms. The van der Waals surface area contributed by atoms with Crippen LogP contribution in [0.3, 0.4) is 0 Å². The smallest absolute Gasteiger partial charge is 0.123 e. The van der Waals surface area contributed by atoms with E-state index in [9.17, 15) is 4.39 Å². The summed E-state index contributed by atoms with van der Waals surface area (Å²) in [6.45, 7) is 5.05. The van der Waals surface area contributed by atoms with Gasteiger partial charge in [-0.2, -0.15) is 0 Å². The van der Waals surface area contributed by atoms with Gasteiger partial charge in [-0.1, -0.05) is 13.0 Å². The third kappa shape index (κ3) is 4.03. The number of amidine groups is 1. The van der Waals surface area contributed by atoms with Crippen molar-refractivity contribution in [1.82, 2.24) is 4.90 Å². The normalized spacial score (nSPS) is 14.9. The summed E-state index contributed by atoms with van der Waals surface area (Å²) in [4.78, 5) is 2.39. The lowest BCUT2D eigenvalue weighted by molar-refractivity contribution is 0.255. The predicted octanol–water partition coefficient (Wildman–Crippen LogP) is 2.73. The van der Waals surface area contributed by atoms with E-state index in [0.717, 1.165) is 37.5 Å². The Morgan fingerprint density at radius 1 is 1.47 bits per heavy atom. The minimum atomic E-state index is -0.335. The van der Waals surface area contributed by atoms with Crippen LogP contribution in [0, 0.1) is 17.1 Å². The highest BCUT2D eigenvalue weighted by molar-refractivity contribution is 5.96. The number of hydrogen-bond donors (Lipinski definition) is 2. The average molecular weight is 263 g/mol. The summed E-state index contributed by atoms with van der Waals surface area (Å²) in [5.41, 5.74) is 7.02. The van der Waals surface area contributed by atoms with E-state index in [-0.39, 0.29) is 11.7 Å². The largest absolute Gasteiger partial charge is 0.384 e. The first kappa shape index (κ1) is 14.0. The van der Waals surface area contributed by atoms with Gasteiger partial charge in [-0.05, 0) is 49.4 Å². The van der Waals surface area contributed by atoms with Gasteiger partial charge in [-0.3, -0.25) is 10.3 Å². The second-order valence-corrected chi connectivity index (χ2v) is 5.39. The molecule has 0 aliphatic heterocycles. The standard InChI is InChI=1S/C15H22FN3/c1-2-7-19(9-11-3-4-11)10-12-5-6-13(16)8-14(12)15(17)18/h5-6,8,11H,2-4,7,9-10H2,1H3,(H3,17,18). The van der Waals surface area contributed by atoms with Gasteiger partial charge in [0.25, 0.3) is 0 Å². The number of nitrogen functional groups attached to an aromatic ring is 1. The molecule has 1 saturated carbocycles. The third-order valence-corrected chi connectivity index (χ3v) is 3.51. The molecule has 1 aliphatic carbocycles. The number of nitrogens with zero attached hydrogens (tertiary/aromatic N) is 1. The van der Waals surface area contributed by atoms with Crippen molar-refractivity contribution in [2.75, 3.05) is 13.1 Å². The minimum Gasteiger partial charge on any atom is -0.384 e. The van der Waals surface area contributed by atoms with Gasteiger partial charge < -0.3 is 5.73 Å². The van der Waals surface area contributed by atoms with E-state index < -0.39 is 0 Å². The van der Waals surface area contributed by atoms with Crippen molar-refractivity contribution in [2.45, 2.75) is 32.7 Å². The molecule has 1 aromatic carbocycles. The zero-order chi connectivity index (χ0) is 13.8. The Hall–Kier alpha value is -1.42. The summed E-state index contributed by atoms with van der Waals surface area (Å²) in [5, 5.41) is 7.57. The Kier molecular flexibility index (Phi) is 4.53. The summed E-state index contributed by atoms with van der Waals surface area (Å²) < 4.78 is 13.2. The fraction of sp³-hybridized carbons (Fsp3) is 0.533. The molecule has 0 unspecified atom stereocenters. The van der Waals surface area contributed by atoms with Gasteiger partial charge in [-0.15, -0.1) is 0 Å². The maximum Gasteiger partial charge on any atom is 0.123 e. The SMILES string of the molecule is CCCN(Cc1ccc(F)cc1C(=N)N)CC1CC1. The van der Waals surface area contributed by atoms with E-state index in [1.165, 1.54) is 25.0 Å². The maximum absolute atomic E-state index is 13.2. The van der Waals surface area contributed by atoms with Crippen LogP contribution in [0.5, 0.6) is 0 Å². The Labute approximate surface area is 114 Å². The molecular formula is C15H22FN3. The zero-order valence-electron chi connectivity index (χ0n) is 11.5. The van der Waals surface area contributed by atoms with Crippen molar-refractivity contribution in [3.8, 4) is 0 Å². The highest BCUT2D eigenvalue weighted by Gasteiger charge is 2.24. The van der Waals surface area contributed by atoms with E-state index >= 15 is 0 Å². The number of benzene rings is 1. The molecule has 0 aromatic heterocycles. The lowest BCUT2D eigenvalue weighted by Gasteiger charge is -2.23. The van der Waals surface area contributed by atoms with Crippen LogP contribution < -0.4 is 5.73 Å². The first-order valence-corrected chi connectivity index (χ1v) is 6.95. The van der Waals surface area contributed by atoms with Crippen LogP contribution in [0.15, 0.2) is 18.2 Å². The van der Waals surface area contributed by atoms with E-state index in [1.54, 1.807) is 6.07 Å². The molecule has 0 radical (unpaired) electrons. The molecule has 3 nitrogen and oxygen atoms in total. The summed E-state index contributed by atoms with van der Waals surface area (Å²) in [5.74, 6) is 0.434. The highest BCUT2D eigenvalue weighted by Crippen LogP contribution is 2.30. The molecule has 4 heteroatoms. The quantitative estimate of drug-likeness (QED) is 0.587. The predicted molar refractivity (Wildman–Crippen MR) is 75.7 cm³/mol.